The summed E-state index contributed by atoms with van der Waals surface area (Å²) in [6.45, 7) is -0.744. The summed E-state index contributed by atoms with van der Waals surface area (Å²) in [6.07, 6.45) is -1.66. The molecule has 0 bridgehead atoms. The number of carboxylic acids is 1. The molecule has 3 unspecified atom stereocenters. The van der Waals surface area contributed by atoms with E-state index in [1.807, 2.05) is 5.32 Å². The summed E-state index contributed by atoms with van der Waals surface area (Å²) in [5, 5.41) is 15.2. The number of nitrogens with one attached hydrogen (secondary N) is 3. The Morgan fingerprint density at radius 3 is 1.58 bits per heavy atom. The predicted octanol–water partition coefficient (Wildman–Crippen LogP) is -5.11. The van der Waals surface area contributed by atoms with Crippen molar-refractivity contribution in [3.05, 3.63) is 0 Å². The summed E-state index contributed by atoms with van der Waals surface area (Å²) in [5.41, 5.74) is 20.6. The van der Waals surface area contributed by atoms with Gasteiger partial charge in [0.1, 0.15) is 18.6 Å². The summed E-state index contributed by atoms with van der Waals surface area (Å²) in [6, 6.07) is -4.13. The van der Waals surface area contributed by atoms with Gasteiger partial charge in [0.2, 0.25) is 35.4 Å². The molecule has 0 saturated heterocycles. The number of primary amides is 3. The van der Waals surface area contributed by atoms with Crippen molar-refractivity contribution in [2.45, 2.75) is 50.2 Å². The van der Waals surface area contributed by atoms with E-state index in [0.29, 0.717) is 0 Å². The zero-order valence-electron chi connectivity index (χ0n) is 16.6. The van der Waals surface area contributed by atoms with Crippen LogP contribution in [-0.4, -0.2) is 71.2 Å². The molecule has 15 heteroatoms. The Bertz CT molecular complexity index is 727. The van der Waals surface area contributed by atoms with Crippen molar-refractivity contribution >= 4 is 41.4 Å². The Labute approximate surface area is 176 Å². The molecule has 0 spiro atoms. The van der Waals surface area contributed by atoms with Crippen molar-refractivity contribution in [1.29, 1.82) is 0 Å². The SMILES string of the molecule is NC(=O)CCC(NC(=O)C(N)CC(N)=O)C(=O)NC(CCC(N)=O)C(=O)NCC(=O)O. The number of amides is 6. The van der Waals surface area contributed by atoms with E-state index in [-0.39, 0.29) is 25.7 Å². The molecule has 0 saturated carbocycles. The third kappa shape index (κ3) is 12.4. The summed E-state index contributed by atoms with van der Waals surface area (Å²) >= 11 is 0. The van der Waals surface area contributed by atoms with Crippen molar-refractivity contribution in [1.82, 2.24) is 16.0 Å². The van der Waals surface area contributed by atoms with Crippen molar-refractivity contribution in [3.8, 4) is 0 Å². The van der Waals surface area contributed by atoms with Crippen molar-refractivity contribution < 1.29 is 38.7 Å². The number of carboxylic acid groups (broad SMARTS) is 1. The maximum Gasteiger partial charge on any atom is 0.322 e. The first kappa shape index (κ1) is 27.2. The number of hydrogen-bond donors (Lipinski definition) is 8. The average Bonchev–Trinajstić information content (AvgIpc) is 2.64. The second-order valence-corrected chi connectivity index (χ2v) is 6.52. The molecule has 0 rings (SSSR count). The lowest BCUT2D eigenvalue weighted by Crippen LogP contribution is -2.56. The van der Waals surface area contributed by atoms with Gasteiger partial charge in [-0.1, -0.05) is 0 Å². The molecular formula is C16H27N7O8. The number of carbonyl (C=O) groups excluding carboxylic acids is 6. The molecule has 0 aromatic heterocycles. The topological polar surface area (TPSA) is 280 Å². The first-order valence-electron chi connectivity index (χ1n) is 9.04. The van der Waals surface area contributed by atoms with Gasteiger partial charge in [-0.3, -0.25) is 33.6 Å². The second kappa shape index (κ2) is 13.5. The lowest BCUT2D eigenvalue weighted by Gasteiger charge is -2.23. The maximum atomic E-state index is 12.6. The van der Waals surface area contributed by atoms with Gasteiger partial charge in [-0.2, -0.15) is 0 Å². The number of hydrogen-bond acceptors (Lipinski definition) is 8. The van der Waals surface area contributed by atoms with E-state index in [1.165, 1.54) is 0 Å². The standard InChI is InChI=1S/C16H27N7O8/c17-7(5-12(20)26)14(29)22-9(2-4-11(19)25)16(31)23-8(1-3-10(18)24)15(30)21-6-13(27)28/h7-9H,1-6,17H2,(H2,18,24)(H2,19,25)(H2,20,26)(H,21,30)(H,22,29)(H,23,31)(H,27,28). The van der Waals surface area contributed by atoms with Crippen LogP contribution in [0.3, 0.4) is 0 Å². The second-order valence-electron chi connectivity index (χ2n) is 6.52. The third-order valence-corrected chi connectivity index (χ3v) is 3.80. The Hall–Kier alpha value is -3.75. The third-order valence-electron chi connectivity index (χ3n) is 3.80. The predicted molar refractivity (Wildman–Crippen MR) is 103 cm³/mol. The van der Waals surface area contributed by atoms with E-state index in [4.69, 9.17) is 28.0 Å². The van der Waals surface area contributed by atoms with Crippen LogP contribution >= 0.6 is 0 Å². The molecular weight excluding hydrogens is 418 g/mol. The first-order valence-corrected chi connectivity index (χ1v) is 9.04. The van der Waals surface area contributed by atoms with Gasteiger partial charge in [0.25, 0.3) is 0 Å². The molecule has 0 aliphatic carbocycles. The summed E-state index contributed by atoms with van der Waals surface area (Å²) < 4.78 is 0. The molecule has 6 amide bonds. The minimum absolute atomic E-state index is 0.260. The summed E-state index contributed by atoms with van der Waals surface area (Å²) in [7, 11) is 0. The van der Waals surface area contributed by atoms with Gasteiger partial charge in [-0.15, -0.1) is 0 Å². The minimum atomic E-state index is -1.39. The fourth-order valence-corrected chi connectivity index (χ4v) is 2.26. The highest BCUT2D eigenvalue weighted by Gasteiger charge is 2.29. The number of aliphatic carboxylic acids is 1. The van der Waals surface area contributed by atoms with E-state index < -0.39 is 72.5 Å². The van der Waals surface area contributed by atoms with E-state index in [2.05, 4.69) is 10.6 Å². The zero-order valence-corrected chi connectivity index (χ0v) is 16.6. The number of carbonyl (C=O) groups is 7. The molecule has 12 N–H and O–H groups in total. The monoisotopic (exact) mass is 445 g/mol. The quantitative estimate of drug-likeness (QED) is 0.119. The molecule has 0 aliphatic rings. The van der Waals surface area contributed by atoms with Crippen LogP contribution in [0.1, 0.15) is 32.1 Å². The lowest BCUT2D eigenvalue weighted by molar-refractivity contribution is -0.138. The molecule has 3 atom stereocenters. The maximum absolute atomic E-state index is 12.6. The van der Waals surface area contributed by atoms with E-state index in [9.17, 15) is 33.6 Å². The highest BCUT2D eigenvalue weighted by molar-refractivity contribution is 5.95. The molecule has 0 aromatic carbocycles. The molecule has 31 heavy (non-hydrogen) atoms. The van der Waals surface area contributed by atoms with Crippen LogP contribution in [0, 0.1) is 0 Å². The smallest absolute Gasteiger partial charge is 0.322 e. The Morgan fingerprint density at radius 2 is 1.16 bits per heavy atom. The van der Waals surface area contributed by atoms with Crippen LogP contribution in [0.2, 0.25) is 0 Å². The summed E-state index contributed by atoms with van der Waals surface area (Å²) in [4.78, 5) is 80.5. The van der Waals surface area contributed by atoms with Gasteiger partial charge in [0.15, 0.2) is 0 Å². The number of nitrogens with two attached hydrogens (primary N) is 4. The minimum Gasteiger partial charge on any atom is -0.480 e. The van der Waals surface area contributed by atoms with E-state index in [1.54, 1.807) is 0 Å². The molecule has 15 nitrogen and oxygen atoms in total. The highest BCUT2D eigenvalue weighted by atomic mass is 16.4. The molecule has 0 heterocycles. The number of rotatable bonds is 15. The van der Waals surface area contributed by atoms with Gasteiger partial charge < -0.3 is 44.0 Å². The average molecular weight is 445 g/mol. The normalized spacial score (nSPS) is 13.2. The van der Waals surface area contributed by atoms with Crippen molar-refractivity contribution in [2.75, 3.05) is 6.54 Å². The van der Waals surface area contributed by atoms with Crippen LogP contribution < -0.4 is 38.9 Å². The van der Waals surface area contributed by atoms with Crippen LogP contribution in [0.5, 0.6) is 0 Å². The fourth-order valence-electron chi connectivity index (χ4n) is 2.26. The largest absolute Gasteiger partial charge is 0.480 e. The fraction of sp³-hybridized carbons (Fsp3) is 0.562. The zero-order chi connectivity index (χ0) is 24.1. The van der Waals surface area contributed by atoms with E-state index >= 15 is 0 Å². The van der Waals surface area contributed by atoms with Crippen LogP contribution in [0.15, 0.2) is 0 Å². The van der Waals surface area contributed by atoms with E-state index in [0.717, 1.165) is 0 Å². The molecule has 0 fully saturated rings. The van der Waals surface area contributed by atoms with Crippen LogP contribution in [0.4, 0.5) is 0 Å². The highest BCUT2D eigenvalue weighted by Crippen LogP contribution is 2.03. The van der Waals surface area contributed by atoms with Gasteiger partial charge >= 0.3 is 5.97 Å². The lowest BCUT2D eigenvalue weighted by atomic mass is 10.1. The van der Waals surface area contributed by atoms with Crippen LogP contribution in [0.25, 0.3) is 0 Å². The Kier molecular flexibility index (Phi) is 11.8. The summed E-state index contributed by atoms with van der Waals surface area (Å²) in [5.74, 6) is -6.54. The molecule has 174 valence electrons. The Balaban J connectivity index is 5.37. The first-order chi connectivity index (χ1) is 14.3. The Morgan fingerprint density at radius 1 is 0.710 bits per heavy atom. The van der Waals surface area contributed by atoms with Gasteiger partial charge in [0.05, 0.1) is 12.5 Å². The van der Waals surface area contributed by atoms with Gasteiger partial charge in [-0.25, -0.2) is 0 Å². The molecule has 0 aliphatic heterocycles. The van der Waals surface area contributed by atoms with Gasteiger partial charge in [0, 0.05) is 12.8 Å². The van der Waals surface area contributed by atoms with Gasteiger partial charge in [-0.05, 0) is 12.8 Å². The van der Waals surface area contributed by atoms with Crippen LogP contribution in [-0.2, 0) is 33.6 Å². The molecule has 0 aromatic rings. The van der Waals surface area contributed by atoms with Crippen molar-refractivity contribution in [3.63, 3.8) is 0 Å². The molecule has 0 radical (unpaired) electrons. The van der Waals surface area contributed by atoms with Crippen molar-refractivity contribution in [2.24, 2.45) is 22.9 Å².